The Morgan fingerprint density at radius 1 is 1.05 bits per heavy atom. The Kier molecular flexibility index (Phi) is 5.34. The number of aryl methyl sites for hydroxylation is 1. The van der Waals surface area contributed by atoms with Gasteiger partial charge in [-0.05, 0) is 36.6 Å². The van der Waals surface area contributed by atoms with Crippen molar-refractivity contribution in [2.45, 2.75) is 25.8 Å². The summed E-state index contributed by atoms with van der Waals surface area (Å²) in [6, 6.07) is 21.0. The van der Waals surface area contributed by atoms with Crippen LogP contribution in [0.1, 0.15) is 29.2 Å². The predicted octanol–water partition coefficient (Wildman–Crippen LogP) is 3.78. The molecule has 0 saturated carbocycles. The van der Waals surface area contributed by atoms with Crippen molar-refractivity contribution < 1.29 is 0 Å². The fourth-order valence-corrected chi connectivity index (χ4v) is 2.36. The van der Waals surface area contributed by atoms with Gasteiger partial charge in [0.15, 0.2) is 0 Å². The van der Waals surface area contributed by atoms with E-state index in [-0.39, 0.29) is 6.04 Å². The molecule has 0 bridgehead atoms. The highest BCUT2D eigenvalue weighted by Gasteiger charge is 2.09. The van der Waals surface area contributed by atoms with Gasteiger partial charge in [-0.3, -0.25) is 0 Å². The molecule has 0 radical (unpaired) electrons. The van der Waals surface area contributed by atoms with Crippen molar-refractivity contribution in [3.8, 4) is 6.07 Å². The molecule has 0 amide bonds. The van der Waals surface area contributed by atoms with E-state index in [1.54, 1.807) is 0 Å². The zero-order chi connectivity index (χ0) is 14.2. The third-order valence-corrected chi connectivity index (χ3v) is 3.54. The van der Waals surface area contributed by atoms with Crippen LogP contribution in [-0.2, 0) is 6.42 Å². The summed E-state index contributed by atoms with van der Waals surface area (Å²) in [6.45, 7) is 3.02. The molecular formula is C18H20N2. The lowest BCUT2D eigenvalue weighted by molar-refractivity contribution is 0.545. The molecule has 2 rings (SSSR count). The summed E-state index contributed by atoms with van der Waals surface area (Å²) in [7, 11) is 0. The molecule has 2 aromatic carbocycles. The van der Waals surface area contributed by atoms with Crippen LogP contribution in [0, 0.1) is 18.3 Å². The summed E-state index contributed by atoms with van der Waals surface area (Å²) >= 11 is 0. The Balaban J connectivity index is 1.94. The summed E-state index contributed by atoms with van der Waals surface area (Å²) in [5, 5.41) is 12.5. The lowest BCUT2D eigenvalue weighted by atomic mass is 10.0. The molecule has 0 fully saturated rings. The van der Waals surface area contributed by atoms with Gasteiger partial charge in [-0.1, -0.05) is 54.6 Å². The van der Waals surface area contributed by atoms with Gasteiger partial charge in [-0.25, -0.2) is 0 Å². The summed E-state index contributed by atoms with van der Waals surface area (Å²) in [4.78, 5) is 0. The Morgan fingerprint density at radius 2 is 1.75 bits per heavy atom. The summed E-state index contributed by atoms with van der Waals surface area (Å²) in [6.07, 6.45) is 1.49. The van der Waals surface area contributed by atoms with E-state index >= 15 is 0 Å². The smallest absolute Gasteiger partial charge is 0.0641 e. The number of benzene rings is 2. The molecule has 0 aliphatic rings. The number of hydrogen-bond donors (Lipinski definition) is 1. The minimum Gasteiger partial charge on any atom is -0.309 e. The Labute approximate surface area is 121 Å². The number of rotatable bonds is 6. The topological polar surface area (TPSA) is 35.8 Å². The first-order chi connectivity index (χ1) is 9.81. The molecule has 0 aliphatic carbocycles. The van der Waals surface area contributed by atoms with Crippen LogP contribution in [0.2, 0.25) is 0 Å². The zero-order valence-electron chi connectivity index (χ0n) is 11.8. The first kappa shape index (κ1) is 14.3. The predicted molar refractivity (Wildman–Crippen MR) is 82.3 cm³/mol. The molecule has 102 valence electrons. The van der Waals surface area contributed by atoms with Crippen molar-refractivity contribution in [2.24, 2.45) is 0 Å². The van der Waals surface area contributed by atoms with Gasteiger partial charge >= 0.3 is 0 Å². The van der Waals surface area contributed by atoms with Crippen LogP contribution in [0.15, 0.2) is 54.6 Å². The van der Waals surface area contributed by atoms with Gasteiger partial charge in [0.25, 0.3) is 0 Å². The molecule has 2 nitrogen and oxygen atoms in total. The van der Waals surface area contributed by atoms with Gasteiger partial charge < -0.3 is 5.32 Å². The van der Waals surface area contributed by atoms with Gasteiger partial charge in [-0.15, -0.1) is 0 Å². The molecule has 1 unspecified atom stereocenters. The molecule has 2 heteroatoms. The van der Waals surface area contributed by atoms with Gasteiger partial charge in [0.1, 0.15) is 0 Å². The largest absolute Gasteiger partial charge is 0.309 e. The molecule has 20 heavy (non-hydrogen) atoms. The minimum atomic E-state index is 0.116. The van der Waals surface area contributed by atoms with Crippen molar-refractivity contribution in [1.82, 2.24) is 5.32 Å². The molecule has 0 aromatic heterocycles. The molecule has 0 spiro atoms. The second kappa shape index (κ2) is 7.47. The maximum atomic E-state index is 8.97. The van der Waals surface area contributed by atoms with Gasteiger partial charge in [0.2, 0.25) is 0 Å². The van der Waals surface area contributed by atoms with Crippen LogP contribution < -0.4 is 5.32 Å². The second-order valence-electron chi connectivity index (χ2n) is 4.96. The SMILES string of the molecule is Cc1ccccc1CCNC(CC#N)c1ccccc1. The van der Waals surface area contributed by atoms with Gasteiger partial charge in [0, 0.05) is 6.04 Å². The summed E-state index contributed by atoms with van der Waals surface area (Å²) < 4.78 is 0. The van der Waals surface area contributed by atoms with Crippen molar-refractivity contribution in [3.05, 3.63) is 71.3 Å². The van der Waals surface area contributed by atoms with Crippen LogP contribution in [-0.4, -0.2) is 6.54 Å². The van der Waals surface area contributed by atoms with Crippen molar-refractivity contribution in [3.63, 3.8) is 0 Å². The molecule has 2 aromatic rings. The van der Waals surface area contributed by atoms with Crippen LogP contribution in [0.3, 0.4) is 0 Å². The highest BCUT2D eigenvalue weighted by atomic mass is 14.9. The molecule has 0 aliphatic heterocycles. The monoisotopic (exact) mass is 264 g/mol. The number of nitriles is 1. The standard InChI is InChI=1S/C18H20N2/c1-15-7-5-6-8-16(15)12-14-20-18(11-13-19)17-9-3-2-4-10-17/h2-10,18,20H,11-12,14H2,1H3. The molecule has 0 saturated heterocycles. The lowest BCUT2D eigenvalue weighted by Crippen LogP contribution is -2.23. The average molecular weight is 264 g/mol. The highest BCUT2D eigenvalue weighted by molar-refractivity contribution is 5.26. The van der Waals surface area contributed by atoms with E-state index in [1.807, 2.05) is 18.2 Å². The third kappa shape index (κ3) is 3.94. The normalized spacial score (nSPS) is 11.8. The highest BCUT2D eigenvalue weighted by Crippen LogP contribution is 2.16. The van der Waals surface area contributed by atoms with E-state index in [2.05, 4.69) is 54.7 Å². The fraction of sp³-hybridized carbons (Fsp3) is 0.278. The average Bonchev–Trinajstić information content (AvgIpc) is 2.49. The van der Waals surface area contributed by atoms with Crippen molar-refractivity contribution in [1.29, 1.82) is 5.26 Å². The first-order valence-corrected chi connectivity index (χ1v) is 7.01. The molecule has 1 atom stereocenters. The molecule has 0 heterocycles. The van der Waals surface area contributed by atoms with Gasteiger partial charge in [-0.2, -0.15) is 5.26 Å². The van der Waals surface area contributed by atoms with Crippen molar-refractivity contribution >= 4 is 0 Å². The number of hydrogen-bond acceptors (Lipinski definition) is 2. The number of nitrogens with zero attached hydrogens (tertiary/aromatic N) is 1. The van der Waals surface area contributed by atoms with E-state index in [9.17, 15) is 0 Å². The maximum absolute atomic E-state index is 8.97. The van der Waals surface area contributed by atoms with E-state index in [1.165, 1.54) is 16.7 Å². The molecular weight excluding hydrogens is 244 g/mol. The van der Waals surface area contributed by atoms with Crippen molar-refractivity contribution in [2.75, 3.05) is 6.54 Å². The first-order valence-electron chi connectivity index (χ1n) is 7.01. The second-order valence-corrected chi connectivity index (χ2v) is 4.96. The molecule has 1 N–H and O–H groups in total. The van der Waals surface area contributed by atoms with E-state index in [0.29, 0.717) is 6.42 Å². The Hall–Kier alpha value is -2.11. The number of nitrogens with one attached hydrogen (secondary N) is 1. The summed E-state index contributed by atoms with van der Waals surface area (Å²) in [5.41, 5.74) is 3.87. The quantitative estimate of drug-likeness (QED) is 0.861. The fourth-order valence-electron chi connectivity index (χ4n) is 2.36. The van der Waals surface area contributed by atoms with E-state index in [0.717, 1.165) is 13.0 Å². The van der Waals surface area contributed by atoms with Crippen LogP contribution in [0.4, 0.5) is 0 Å². The maximum Gasteiger partial charge on any atom is 0.0641 e. The van der Waals surface area contributed by atoms with Gasteiger partial charge in [0.05, 0.1) is 12.5 Å². The van der Waals surface area contributed by atoms with Crippen LogP contribution >= 0.6 is 0 Å². The zero-order valence-corrected chi connectivity index (χ0v) is 11.8. The van der Waals surface area contributed by atoms with Crippen LogP contribution in [0.5, 0.6) is 0 Å². The summed E-state index contributed by atoms with van der Waals surface area (Å²) in [5.74, 6) is 0. The lowest BCUT2D eigenvalue weighted by Gasteiger charge is -2.16. The minimum absolute atomic E-state index is 0.116. The Bertz CT molecular complexity index is 569. The third-order valence-electron chi connectivity index (χ3n) is 3.54. The van der Waals surface area contributed by atoms with Crippen LogP contribution in [0.25, 0.3) is 0 Å². The van der Waals surface area contributed by atoms with E-state index < -0.39 is 0 Å². The van der Waals surface area contributed by atoms with E-state index in [4.69, 9.17) is 5.26 Å². The Morgan fingerprint density at radius 3 is 2.45 bits per heavy atom.